The van der Waals surface area contributed by atoms with Gasteiger partial charge in [0.25, 0.3) is 0 Å². The average molecular weight is 363 g/mol. The maximum absolute atomic E-state index is 12.6. The minimum atomic E-state index is -4.14. The number of rotatable bonds is 3. The molecule has 2 N–H and O–H groups in total. The molecule has 0 unspecified atom stereocenters. The van der Waals surface area contributed by atoms with E-state index in [-0.39, 0.29) is 49.3 Å². The van der Waals surface area contributed by atoms with E-state index < -0.39 is 11.6 Å². The monoisotopic (exact) mass is 363 g/mol. The number of guanidine groups is 1. The van der Waals surface area contributed by atoms with Crippen molar-refractivity contribution in [2.45, 2.75) is 37.9 Å². The SMILES string of the molecule is CN(C(N)=NCC1(C(F)(F)F)CC1)C1CC1.I. The van der Waals surface area contributed by atoms with Gasteiger partial charge in [-0.15, -0.1) is 24.0 Å². The lowest BCUT2D eigenvalue weighted by atomic mass is 10.1. The van der Waals surface area contributed by atoms with E-state index in [0.29, 0.717) is 6.04 Å². The van der Waals surface area contributed by atoms with Crippen LogP contribution in [0.5, 0.6) is 0 Å². The van der Waals surface area contributed by atoms with Gasteiger partial charge in [0.15, 0.2) is 5.96 Å². The highest BCUT2D eigenvalue weighted by molar-refractivity contribution is 14.0. The molecule has 0 saturated heterocycles. The average Bonchev–Trinajstić information content (AvgIpc) is 3.00. The van der Waals surface area contributed by atoms with Crippen molar-refractivity contribution in [1.82, 2.24) is 4.90 Å². The molecule has 0 aromatic rings. The Balaban J connectivity index is 0.00000144. The van der Waals surface area contributed by atoms with Crippen LogP contribution in [0.15, 0.2) is 4.99 Å². The number of hydrogen-bond acceptors (Lipinski definition) is 1. The third-order valence-corrected chi connectivity index (χ3v) is 3.45. The summed E-state index contributed by atoms with van der Waals surface area (Å²) < 4.78 is 37.8. The van der Waals surface area contributed by atoms with Crippen molar-refractivity contribution in [1.29, 1.82) is 0 Å². The second-order valence-corrected chi connectivity index (χ2v) is 4.79. The van der Waals surface area contributed by atoms with Crippen molar-refractivity contribution in [3.05, 3.63) is 0 Å². The van der Waals surface area contributed by atoms with Crippen LogP contribution in [-0.4, -0.2) is 36.7 Å². The maximum Gasteiger partial charge on any atom is 0.396 e. The highest BCUT2D eigenvalue weighted by Crippen LogP contribution is 2.57. The maximum atomic E-state index is 12.6. The zero-order valence-corrected chi connectivity index (χ0v) is 12.0. The van der Waals surface area contributed by atoms with Crippen molar-refractivity contribution in [3.63, 3.8) is 0 Å². The van der Waals surface area contributed by atoms with Gasteiger partial charge in [0, 0.05) is 13.1 Å². The summed E-state index contributed by atoms with van der Waals surface area (Å²) >= 11 is 0. The number of nitrogens with zero attached hydrogens (tertiary/aromatic N) is 2. The number of hydrogen-bond donors (Lipinski definition) is 1. The highest BCUT2D eigenvalue weighted by Gasteiger charge is 2.63. The van der Waals surface area contributed by atoms with Crippen LogP contribution in [0.2, 0.25) is 0 Å². The molecule has 0 aromatic carbocycles. The summed E-state index contributed by atoms with van der Waals surface area (Å²) in [6.45, 7) is -0.223. The first-order chi connectivity index (χ1) is 7.36. The van der Waals surface area contributed by atoms with Crippen molar-refractivity contribution in [3.8, 4) is 0 Å². The predicted molar refractivity (Wildman–Crippen MR) is 70.4 cm³/mol. The Morgan fingerprint density at radius 3 is 2.29 bits per heavy atom. The van der Waals surface area contributed by atoms with E-state index in [1.165, 1.54) is 0 Å². The van der Waals surface area contributed by atoms with E-state index in [1.807, 2.05) is 0 Å². The zero-order chi connectivity index (χ0) is 12.0. The first kappa shape index (κ1) is 14.8. The van der Waals surface area contributed by atoms with Crippen LogP contribution in [-0.2, 0) is 0 Å². The fourth-order valence-corrected chi connectivity index (χ4v) is 1.67. The molecule has 100 valence electrons. The molecule has 2 saturated carbocycles. The summed E-state index contributed by atoms with van der Waals surface area (Å²) in [5.41, 5.74) is 4.06. The first-order valence-electron chi connectivity index (χ1n) is 5.45. The molecule has 0 aromatic heterocycles. The van der Waals surface area contributed by atoms with Gasteiger partial charge in [-0.25, -0.2) is 0 Å². The molecule has 2 rings (SSSR count). The van der Waals surface area contributed by atoms with Crippen molar-refractivity contribution in [2.24, 2.45) is 16.1 Å². The number of halogens is 4. The second-order valence-electron chi connectivity index (χ2n) is 4.79. The molecule has 0 heterocycles. The van der Waals surface area contributed by atoms with Crippen molar-refractivity contribution >= 4 is 29.9 Å². The summed E-state index contributed by atoms with van der Waals surface area (Å²) in [7, 11) is 1.78. The van der Waals surface area contributed by atoms with Crippen LogP contribution in [0.3, 0.4) is 0 Å². The lowest BCUT2D eigenvalue weighted by Gasteiger charge is -2.20. The van der Waals surface area contributed by atoms with E-state index in [2.05, 4.69) is 4.99 Å². The Kier molecular flexibility index (Phi) is 4.20. The smallest absolute Gasteiger partial charge is 0.370 e. The van der Waals surface area contributed by atoms with Crippen molar-refractivity contribution < 1.29 is 13.2 Å². The lowest BCUT2D eigenvalue weighted by molar-refractivity contribution is -0.183. The highest BCUT2D eigenvalue weighted by atomic mass is 127. The normalized spacial score (nSPS) is 22.9. The largest absolute Gasteiger partial charge is 0.396 e. The first-order valence-corrected chi connectivity index (χ1v) is 5.45. The number of aliphatic imine (C=N–C) groups is 1. The van der Waals surface area contributed by atoms with E-state index >= 15 is 0 Å². The molecule has 17 heavy (non-hydrogen) atoms. The summed E-state index contributed by atoms with van der Waals surface area (Å²) in [5, 5.41) is 0. The quantitative estimate of drug-likeness (QED) is 0.475. The molecular weight excluding hydrogens is 346 g/mol. The Morgan fingerprint density at radius 2 is 1.94 bits per heavy atom. The number of alkyl halides is 3. The Morgan fingerprint density at radius 1 is 1.41 bits per heavy atom. The third kappa shape index (κ3) is 3.17. The summed E-state index contributed by atoms with van der Waals surface area (Å²) in [5.74, 6) is 0.234. The minimum absolute atomic E-state index is 0. The van der Waals surface area contributed by atoms with Gasteiger partial charge in [-0.3, -0.25) is 4.99 Å². The molecule has 0 spiro atoms. The van der Waals surface area contributed by atoms with E-state index in [0.717, 1.165) is 12.8 Å². The molecule has 0 atom stereocenters. The van der Waals surface area contributed by atoms with Crippen LogP contribution in [0.4, 0.5) is 13.2 Å². The van der Waals surface area contributed by atoms with Gasteiger partial charge in [-0.05, 0) is 25.7 Å². The summed E-state index contributed by atoms with van der Waals surface area (Å²) in [6.07, 6.45) is -1.68. The predicted octanol–water partition coefficient (Wildman–Crippen LogP) is 2.36. The van der Waals surface area contributed by atoms with Crippen LogP contribution in [0.1, 0.15) is 25.7 Å². The van der Waals surface area contributed by atoms with Gasteiger partial charge >= 0.3 is 6.18 Å². The van der Waals surface area contributed by atoms with Gasteiger partial charge in [0.1, 0.15) is 0 Å². The minimum Gasteiger partial charge on any atom is -0.370 e. The van der Waals surface area contributed by atoms with Gasteiger partial charge in [0.05, 0.1) is 12.0 Å². The molecular formula is C10H17F3IN3. The molecule has 0 radical (unpaired) electrons. The Bertz CT molecular complexity index is 308. The molecule has 2 fully saturated rings. The molecule has 3 nitrogen and oxygen atoms in total. The Hall–Kier alpha value is -0.210. The van der Waals surface area contributed by atoms with Crippen molar-refractivity contribution in [2.75, 3.05) is 13.6 Å². The number of nitrogens with two attached hydrogens (primary N) is 1. The summed E-state index contributed by atoms with van der Waals surface area (Å²) in [6, 6.07) is 0.379. The second kappa shape index (κ2) is 4.81. The van der Waals surface area contributed by atoms with E-state index in [1.54, 1.807) is 11.9 Å². The molecule has 7 heteroatoms. The summed E-state index contributed by atoms with van der Waals surface area (Å²) in [4.78, 5) is 5.66. The van der Waals surface area contributed by atoms with E-state index in [4.69, 9.17) is 5.73 Å². The zero-order valence-electron chi connectivity index (χ0n) is 9.63. The van der Waals surface area contributed by atoms with Crippen LogP contribution in [0.25, 0.3) is 0 Å². The van der Waals surface area contributed by atoms with Crippen LogP contribution >= 0.6 is 24.0 Å². The van der Waals surface area contributed by atoms with Gasteiger partial charge in [0.2, 0.25) is 0 Å². The van der Waals surface area contributed by atoms with E-state index in [9.17, 15) is 13.2 Å². The van der Waals surface area contributed by atoms with Gasteiger partial charge in [-0.2, -0.15) is 13.2 Å². The lowest BCUT2D eigenvalue weighted by Crippen LogP contribution is -2.37. The fraction of sp³-hybridized carbons (Fsp3) is 0.900. The molecule has 0 amide bonds. The molecule has 2 aliphatic carbocycles. The third-order valence-electron chi connectivity index (χ3n) is 3.45. The van der Waals surface area contributed by atoms with Gasteiger partial charge < -0.3 is 10.6 Å². The Labute approximate surface area is 116 Å². The van der Waals surface area contributed by atoms with Gasteiger partial charge in [-0.1, -0.05) is 0 Å². The molecule has 0 aliphatic heterocycles. The molecule has 0 bridgehead atoms. The standard InChI is InChI=1S/C10H16F3N3.HI/c1-16(7-2-3-7)8(14)15-6-9(4-5-9)10(11,12)13;/h7H,2-6H2,1H3,(H2,14,15);1H. The topological polar surface area (TPSA) is 41.6 Å². The van der Waals surface area contributed by atoms with Crippen LogP contribution in [0, 0.1) is 5.41 Å². The molecule has 2 aliphatic rings. The van der Waals surface area contributed by atoms with Crippen LogP contribution < -0.4 is 5.73 Å². The fourth-order valence-electron chi connectivity index (χ4n) is 1.67.